The Kier molecular flexibility index (Phi) is 3.67. The van der Waals surface area contributed by atoms with Crippen LogP contribution < -0.4 is 4.74 Å². The molecule has 0 saturated carbocycles. The average molecular weight is 246 g/mol. The number of aliphatic hydroxyl groups excluding tert-OH is 1. The Labute approximate surface area is 107 Å². The highest BCUT2D eigenvalue weighted by atomic mass is 16.5. The molecule has 0 aliphatic carbocycles. The Hall–Kier alpha value is -1.81. The third-order valence-corrected chi connectivity index (χ3v) is 2.95. The summed E-state index contributed by atoms with van der Waals surface area (Å²) in [6, 6.07) is 7.74. The minimum absolute atomic E-state index is 0.0358. The maximum atomic E-state index is 9.19. The predicted octanol–water partition coefficient (Wildman–Crippen LogP) is 2.05. The molecule has 0 aliphatic heterocycles. The zero-order chi connectivity index (χ0) is 13.1. The van der Waals surface area contributed by atoms with Crippen LogP contribution in [-0.2, 0) is 13.2 Å². The van der Waals surface area contributed by atoms with Crippen LogP contribution in [0.25, 0.3) is 0 Å². The summed E-state index contributed by atoms with van der Waals surface area (Å²) in [7, 11) is 1.65. The summed E-state index contributed by atoms with van der Waals surface area (Å²) in [5.74, 6) is 0.819. The van der Waals surface area contributed by atoms with Crippen LogP contribution >= 0.6 is 0 Å². The number of hydrogen-bond donors (Lipinski definition) is 1. The normalized spacial score (nSPS) is 10.7. The van der Waals surface area contributed by atoms with Crippen LogP contribution in [0.2, 0.25) is 0 Å². The fourth-order valence-corrected chi connectivity index (χ4v) is 2.05. The Morgan fingerprint density at radius 1 is 1.28 bits per heavy atom. The molecule has 0 amide bonds. The third kappa shape index (κ3) is 2.54. The molecule has 0 unspecified atom stereocenters. The molecule has 2 aromatic rings. The Morgan fingerprint density at radius 3 is 2.61 bits per heavy atom. The van der Waals surface area contributed by atoms with Crippen molar-refractivity contribution in [1.29, 1.82) is 0 Å². The van der Waals surface area contributed by atoms with Crippen LogP contribution in [0.5, 0.6) is 5.75 Å². The van der Waals surface area contributed by atoms with Crippen molar-refractivity contribution in [2.45, 2.75) is 27.0 Å². The van der Waals surface area contributed by atoms with Gasteiger partial charge in [-0.3, -0.25) is 4.68 Å². The summed E-state index contributed by atoms with van der Waals surface area (Å²) in [5, 5.41) is 13.6. The van der Waals surface area contributed by atoms with Gasteiger partial charge in [0.2, 0.25) is 0 Å². The molecule has 18 heavy (non-hydrogen) atoms. The van der Waals surface area contributed by atoms with Gasteiger partial charge in [-0.1, -0.05) is 6.07 Å². The second-order valence-corrected chi connectivity index (χ2v) is 4.39. The fraction of sp³-hybridized carbons (Fsp3) is 0.357. The zero-order valence-corrected chi connectivity index (χ0v) is 11.0. The lowest BCUT2D eigenvalue weighted by Crippen LogP contribution is -2.06. The van der Waals surface area contributed by atoms with Gasteiger partial charge in [-0.05, 0) is 37.6 Å². The van der Waals surface area contributed by atoms with E-state index in [1.807, 2.05) is 42.8 Å². The Morgan fingerprint density at radius 2 is 2.06 bits per heavy atom. The van der Waals surface area contributed by atoms with E-state index >= 15 is 0 Å². The molecule has 0 bridgehead atoms. The van der Waals surface area contributed by atoms with E-state index < -0.39 is 0 Å². The van der Waals surface area contributed by atoms with Gasteiger partial charge in [0.25, 0.3) is 0 Å². The third-order valence-electron chi connectivity index (χ3n) is 2.95. The Balaban J connectivity index is 2.35. The largest absolute Gasteiger partial charge is 0.496 e. The van der Waals surface area contributed by atoms with E-state index in [2.05, 4.69) is 5.10 Å². The van der Waals surface area contributed by atoms with E-state index in [0.717, 1.165) is 28.3 Å². The number of ether oxygens (including phenoxy) is 1. The first-order chi connectivity index (χ1) is 8.63. The van der Waals surface area contributed by atoms with Crippen LogP contribution in [-0.4, -0.2) is 22.0 Å². The van der Waals surface area contributed by atoms with Crippen molar-refractivity contribution < 1.29 is 9.84 Å². The molecule has 1 heterocycles. The number of aliphatic hydroxyl groups is 1. The summed E-state index contributed by atoms with van der Waals surface area (Å²) in [5.41, 5.74) is 4.02. The van der Waals surface area contributed by atoms with Crippen LogP contribution in [0.15, 0.2) is 24.3 Å². The smallest absolute Gasteiger partial charge is 0.123 e. The van der Waals surface area contributed by atoms with Crippen molar-refractivity contribution >= 4 is 0 Å². The number of hydrogen-bond acceptors (Lipinski definition) is 3. The maximum Gasteiger partial charge on any atom is 0.123 e. The van der Waals surface area contributed by atoms with Crippen molar-refractivity contribution in [2.24, 2.45) is 0 Å². The van der Waals surface area contributed by atoms with E-state index in [-0.39, 0.29) is 6.61 Å². The van der Waals surface area contributed by atoms with Gasteiger partial charge in [0.05, 0.1) is 26.0 Å². The molecular formula is C14H18N2O2. The topological polar surface area (TPSA) is 47.3 Å². The summed E-state index contributed by atoms with van der Waals surface area (Å²) >= 11 is 0. The number of aromatic nitrogens is 2. The second kappa shape index (κ2) is 5.23. The standard InChI is InChI=1S/C14H18N2O2/c1-10-6-11(2)16(15-10)8-13-7-12(9-17)4-5-14(13)18-3/h4-7,17H,8-9H2,1-3H3. The minimum atomic E-state index is 0.0358. The molecule has 4 nitrogen and oxygen atoms in total. The van der Waals surface area contributed by atoms with Crippen molar-refractivity contribution in [1.82, 2.24) is 9.78 Å². The lowest BCUT2D eigenvalue weighted by atomic mass is 10.1. The van der Waals surface area contributed by atoms with Gasteiger partial charge in [-0.15, -0.1) is 0 Å². The molecule has 1 N–H and O–H groups in total. The van der Waals surface area contributed by atoms with Crippen molar-refractivity contribution in [3.8, 4) is 5.75 Å². The van der Waals surface area contributed by atoms with Crippen molar-refractivity contribution in [2.75, 3.05) is 7.11 Å². The van der Waals surface area contributed by atoms with Crippen molar-refractivity contribution in [3.05, 3.63) is 46.8 Å². The highest BCUT2D eigenvalue weighted by molar-refractivity contribution is 5.37. The fourth-order valence-electron chi connectivity index (χ4n) is 2.05. The summed E-state index contributed by atoms with van der Waals surface area (Å²) in [6.07, 6.45) is 0. The molecule has 0 atom stereocenters. The molecule has 0 saturated heterocycles. The number of nitrogens with zero attached hydrogens (tertiary/aromatic N) is 2. The number of methoxy groups -OCH3 is 1. The lowest BCUT2D eigenvalue weighted by Gasteiger charge is -2.11. The van der Waals surface area contributed by atoms with Gasteiger partial charge >= 0.3 is 0 Å². The lowest BCUT2D eigenvalue weighted by molar-refractivity contribution is 0.281. The minimum Gasteiger partial charge on any atom is -0.496 e. The monoisotopic (exact) mass is 246 g/mol. The van der Waals surface area contributed by atoms with Gasteiger partial charge in [-0.2, -0.15) is 5.10 Å². The van der Waals surface area contributed by atoms with E-state index in [1.165, 1.54) is 0 Å². The number of aryl methyl sites for hydroxylation is 2. The SMILES string of the molecule is COc1ccc(CO)cc1Cn1nc(C)cc1C. The van der Waals surface area contributed by atoms with E-state index in [0.29, 0.717) is 6.54 Å². The average Bonchev–Trinajstić information content (AvgIpc) is 2.67. The number of rotatable bonds is 4. The molecule has 1 aromatic heterocycles. The summed E-state index contributed by atoms with van der Waals surface area (Å²) < 4.78 is 7.28. The molecule has 0 radical (unpaired) electrons. The molecule has 96 valence electrons. The molecule has 2 rings (SSSR count). The van der Waals surface area contributed by atoms with Gasteiger partial charge < -0.3 is 9.84 Å². The number of benzene rings is 1. The van der Waals surface area contributed by atoms with Gasteiger partial charge in [0.15, 0.2) is 0 Å². The molecule has 0 fully saturated rings. The van der Waals surface area contributed by atoms with Crippen LogP contribution in [0.3, 0.4) is 0 Å². The first kappa shape index (κ1) is 12.6. The first-order valence-corrected chi connectivity index (χ1v) is 5.91. The molecule has 0 spiro atoms. The zero-order valence-electron chi connectivity index (χ0n) is 11.0. The highest BCUT2D eigenvalue weighted by Crippen LogP contribution is 2.21. The van der Waals surface area contributed by atoms with E-state index in [9.17, 15) is 5.11 Å². The van der Waals surface area contributed by atoms with Crippen LogP contribution in [0, 0.1) is 13.8 Å². The van der Waals surface area contributed by atoms with Gasteiger partial charge in [0.1, 0.15) is 5.75 Å². The molecular weight excluding hydrogens is 228 g/mol. The van der Waals surface area contributed by atoms with Gasteiger partial charge in [-0.25, -0.2) is 0 Å². The van der Waals surface area contributed by atoms with E-state index in [4.69, 9.17) is 4.74 Å². The second-order valence-electron chi connectivity index (χ2n) is 4.39. The first-order valence-electron chi connectivity index (χ1n) is 5.91. The quantitative estimate of drug-likeness (QED) is 0.898. The highest BCUT2D eigenvalue weighted by Gasteiger charge is 2.08. The van der Waals surface area contributed by atoms with Crippen molar-refractivity contribution in [3.63, 3.8) is 0 Å². The van der Waals surface area contributed by atoms with Crippen LogP contribution in [0.4, 0.5) is 0 Å². The predicted molar refractivity (Wildman–Crippen MR) is 69.7 cm³/mol. The van der Waals surface area contributed by atoms with Gasteiger partial charge in [0, 0.05) is 11.3 Å². The molecule has 1 aromatic carbocycles. The maximum absolute atomic E-state index is 9.19. The van der Waals surface area contributed by atoms with E-state index in [1.54, 1.807) is 7.11 Å². The van der Waals surface area contributed by atoms with Crippen LogP contribution in [0.1, 0.15) is 22.5 Å². The summed E-state index contributed by atoms with van der Waals surface area (Å²) in [4.78, 5) is 0. The molecule has 4 heteroatoms. The Bertz CT molecular complexity index is 547. The summed E-state index contributed by atoms with van der Waals surface area (Å²) in [6.45, 7) is 4.69. The molecule has 0 aliphatic rings.